The number of methoxy groups -OCH3 is 1. The molecule has 0 saturated carbocycles. The largest absolute Gasteiger partial charge is 0.480 e. The maximum atomic E-state index is 11.7. The first-order chi connectivity index (χ1) is 11.4. The van der Waals surface area contributed by atoms with Gasteiger partial charge in [-0.2, -0.15) is 0 Å². The fourth-order valence-corrected chi connectivity index (χ4v) is 1.87. The van der Waals surface area contributed by atoms with Crippen LogP contribution in [0.2, 0.25) is 5.02 Å². The molecular formula is C15H20ClN3O5. The highest BCUT2D eigenvalue weighted by molar-refractivity contribution is 6.30. The van der Waals surface area contributed by atoms with Crippen LogP contribution < -0.4 is 16.0 Å². The number of nitrogens with one attached hydrogen (secondary N) is 3. The summed E-state index contributed by atoms with van der Waals surface area (Å²) in [5, 5.41) is 16.8. The van der Waals surface area contributed by atoms with E-state index in [2.05, 4.69) is 16.0 Å². The molecule has 0 aliphatic heterocycles. The van der Waals surface area contributed by atoms with Gasteiger partial charge in [0.1, 0.15) is 6.04 Å². The van der Waals surface area contributed by atoms with E-state index in [-0.39, 0.29) is 26.1 Å². The zero-order valence-corrected chi connectivity index (χ0v) is 13.9. The van der Waals surface area contributed by atoms with Crippen LogP contribution in [-0.2, 0) is 20.9 Å². The zero-order chi connectivity index (χ0) is 17.9. The van der Waals surface area contributed by atoms with Crippen LogP contribution in [0.1, 0.15) is 12.0 Å². The Kier molecular flexibility index (Phi) is 8.59. The van der Waals surface area contributed by atoms with Crippen molar-refractivity contribution in [2.75, 3.05) is 20.3 Å². The average molecular weight is 358 g/mol. The second-order valence-electron chi connectivity index (χ2n) is 4.90. The van der Waals surface area contributed by atoms with Crippen LogP contribution in [0.4, 0.5) is 4.79 Å². The SMILES string of the molecule is COCCC(NC(=O)CNC(=O)NCc1ccc(Cl)cc1)C(=O)O. The lowest BCUT2D eigenvalue weighted by Crippen LogP contribution is -2.47. The van der Waals surface area contributed by atoms with Gasteiger partial charge in [-0.3, -0.25) is 4.79 Å². The fourth-order valence-electron chi connectivity index (χ4n) is 1.75. The number of ether oxygens (including phenoxy) is 1. The van der Waals surface area contributed by atoms with Crippen LogP contribution in [0.15, 0.2) is 24.3 Å². The van der Waals surface area contributed by atoms with Gasteiger partial charge in [0.25, 0.3) is 0 Å². The molecule has 0 fully saturated rings. The second-order valence-corrected chi connectivity index (χ2v) is 5.34. The fraction of sp³-hybridized carbons (Fsp3) is 0.400. The highest BCUT2D eigenvalue weighted by atomic mass is 35.5. The van der Waals surface area contributed by atoms with Gasteiger partial charge in [0.05, 0.1) is 6.54 Å². The Morgan fingerprint density at radius 3 is 2.46 bits per heavy atom. The molecule has 1 aromatic rings. The van der Waals surface area contributed by atoms with Crippen LogP contribution in [0.3, 0.4) is 0 Å². The molecule has 132 valence electrons. The van der Waals surface area contributed by atoms with Crippen LogP contribution in [-0.4, -0.2) is 49.3 Å². The van der Waals surface area contributed by atoms with E-state index < -0.39 is 23.9 Å². The summed E-state index contributed by atoms with van der Waals surface area (Å²) in [5.41, 5.74) is 0.851. The Labute approximate surface area is 144 Å². The van der Waals surface area contributed by atoms with E-state index in [1.165, 1.54) is 7.11 Å². The molecule has 0 heterocycles. The van der Waals surface area contributed by atoms with E-state index in [1.807, 2.05) is 0 Å². The normalized spacial score (nSPS) is 11.4. The third-order valence-corrected chi connectivity index (χ3v) is 3.27. The summed E-state index contributed by atoms with van der Waals surface area (Å²) in [6.07, 6.45) is 0.139. The average Bonchev–Trinajstić information content (AvgIpc) is 2.56. The molecule has 0 bridgehead atoms. The molecule has 0 aliphatic rings. The lowest BCUT2D eigenvalue weighted by molar-refractivity contribution is -0.142. The monoisotopic (exact) mass is 357 g/mol. The van der Waals surface area contributed by atoms with Gasteiger partial charge in [0.2, 0.25) is 5.91 Å². The second kappa shape index (κ2) is 10.5. The molecule has 0 radical (unpaired) electrons. The van der Waals surface area contributed by atoms with Gasteiger partial charge in [-0.05, 0) is 17.7 Å². The van der Waals surface area contributed by atoms with Gasteiger partial charge < -0.3 is 25.8 Å². The van der Waals surface area contributed by atoms with Crippen LogP contribution in [0.5, 0.6) is 0 Å². The molecule has 3 amide bonds. The number of carboxylic acid groups (broad SMARTS) is 1. The number of aliphatic carboxylic acids is 1. The first kappa shape index (κ1) is 19.7. The number of benzene rings is 1. The van der Waals surface area contributed by atoms with Gasteiger partial charge in [0.15, 0.2) is 0 Å². The Balaban J connectivity index is 2.30. The molecule has 1 atom stereocenters. The Morgan fingerprint density at radius 1 is 1.21 bits per heavy atom. The number of carbonyl (C=O) groups excluding carboxylic acids is 2. The first-order valence-corrected chi connectivity index (χ1v) is 7.57. The molecule has 1 rings (SSSR count). The number of amides is 3. The minimum Gasteiger partial charge on any atom is -0.480 e. The smallest absolute Gasteiger partial charge is 0.326 e. The van der Waals surface area contributed by atoms with Gasteiger partial charge in [-0.15, -0.1) is 0 Å². The van der Waals surface area contributed by atoms with Crippen LogP contribution in [0, 0.1) is 0 Å². The predicted octanol–water partition coefficient (Wildman–Crippen LogP) is 0.745. The molecule has 0 saturated heterocycles. The van der Waals surface area contributed by atoms with E-state index >= 15 is 0 Å². The van der Waals surface area contributed by atoms with E-state index in [0.717, 1.165) is 5.56 Å². The number of urea groups is 1. The topological polar surface area (TPSA) is 117 Å². The number of carboxylic acids is 1. The molecule has 0 aromatic heterocycles. The Bertz CT molecular complexity index is 565. The minimum atomic E-state index is -1.16. The summed E-state index contributed by atoms with van der Waals surface area (Å²) < 4.78 is 4.78. The number of rotatable bonds is 9. The molecule has 9 heteroatoms. The summed E-state index contributed by atoms with van der Waals surface area (Å²) in [5.74, 6) is -1.76. The van der Waals surface area contributed by atoms with Crippen LogP contribution >= 0.6 is 11.6 Å². The maximum Gasteiger partial charge on any atom is 0.326 e. The molecule has 0 aliphatic carbocycles. The highest BCUT2D eigenvalue weighted by Gasteiger charge is 2.19. The lowest BCUT2D eigenvalue weighted by Gasteiger charge is -2.14. The summed E-state index contributed by atoms with van der Waals surface area (Å²) in [4.78, 5) is 34.3. The van der Waals surface area contributed by atoms with Crippen molar-refractivity contribution >= 4 is 29.5 Å². The first-order valence-electron chi connectivity index (χ1n) is 7.19. The van der Waals surface area contributed by atoms with E-state index in [0.29, 0.717) is 5.02 Å². The highest BCUT2D eigenvalue weighted by Crippen LogP contribution is 2.08. The molecular weight excluding hydrogens is 338 g/mol. The summed E-state index contributed by atoms with van der Waals surface area (Å²) in [6.45, 7) is 0.145. The molecule has 1 aromatic carbocycles. The summed E-state index contributed by atoms with van der Waals surface area (Å²) in [7, 11) is 1.44. The van der Waals surface area contributed by atoms with Crippen molar-refractivity contribution in [3.63, 3.8) is 0 Å². The summed E-state index contributed by atoms with van der Waals surface area (Å²) >= 11 is 5.76. The maximum absolute atomic E-state index is 11.7. The van der Waals surface area contributed by atoms with Crippen molar-refractivity contribution in [2.45, 2.75) is 19.0 Å². The molecule has 0 spiro atoms. The van der Waals surface area contributed by atoms with E-state index in [1.54, 1.807) is 24.3 Å². The molecule has 24 heavy (non-hydrogen) atoms. The van der Waals surface area contributed by atoms with Crippen molar-refractivity contribution in [3.8, 4) is 0 Å². The van der Waals surface area contributed by atoms with Gasteiger partial charge in [-0.1, -0.05) is 23.7 Å². The van der Waals surface area contributed by atoms with Crippen LogP contribution in [0.25, 0.3) is 0 Å². The number of carbonyl (C=O) groups is 3. The van der Waals surface area contributed by atoms with Crippen molar-refractivity contribution in [3.05, 3.63) is 34.9 Å². The minimum absolute atomic E-state index is 0.139. The number of hydrogen-bond donors (Lipinski definition) is 4. The van der Waals surface area contributed by atoms with Gasteiger partial charge in [-0.25, -0.2) is 9.59 Å². The van der Waals surface area contributed by atoms with Crippen molar-refractivity contribution < 1.29 is 24.2 Å². The standard InChI is InChI=1S/C15H20ClN3O5/c1-24-7-6-12(14(21)22)19-13(20)9-18-15(23)17-8-10-2-4-11(16)5-3-10/h2-5,12H,6-9H2,1H3,(H,19,20)(H,21,22)(H2,17,18,23). The van der Waals surface area contributed by atoms with Crippen molar-refractivity contribution in [2.24, 2.45) is 0 Å². The number of halogens is 1. The van der Waals surface area contributed by atoms with Gasteiger partial charge in [0, 0.05) is 31.7 Å². The third-order valence-electron chi connectivity index (χ3n) is 3.02. The van der Waals surface area contributed by atoms with Crippen molar-refractivity contribution in [1.29, 1.82) is 0 Å². The Morgan fingerprint density at radius 2 is 1.88 bits per heavy atom. The number of hydrogen-bond acceptors (Lipinski definition) is 4. The molecule has 4 N–H and O–H groups in total. The predicted molar refractivity (Wildman–Crippen MR) is 87.7 cm³/mol. The molecule has 8 nitrogen and oxygen atoms in total. The zero-order valence-electron chi connectivity index (χ0n) is 13.2. The van der Waals surface area contributed by atoms with Crippen molar-refractivity contribution in [1.82, 2.24) is 16.0 Å². The van der Waals surface area contributed by atoms with E-state index in [4.69, 9.17) is 21.4 Å². The summed E-state index contributed by atoms with van der Waals surface area (Å²) in [6, 6.07) is 5.34. The van der Waals surface area contributed by atoms with E-state index in [9.17, 15) is 14.4 Å². The Hall–Kier alpha value is -2.32. The quantitative estimate of drug-likeness (QED) is 0.520. The molecule has 1 unspecified atom stereocenters. The van der Waals surface area contributed by atoms with Gasteiger partial charge >= 0.3 is 12.0 Å². The third kappa shape index (κ3) is 7.80. The lowest BCUT2D eigenvalue weighted by atomic mass is 10.2.